The largest absolute Gasteiger partial charge is 0.488 e. The van der Waals surface area contributed by atoms with Crippen molar-refractivity contribution in [1.82, 2.24) is 4.90 Å². The minimum Gasteiger partial charge on any atom is -0.488 e. The lowest BCUT2D eigenvalue weighted by atomic mass is 9.90. The molecule has 1 N–H and O–H groups in total. The van der Waals surface area contributed by atoms with E-state index in [9.17, 15) is 14.7 Å². The predicted molar refractivity (Wildman–Crippen MR) is 140 cm³/mol. The zero-order chi connectivity index (χ0) is 25.8. The van der Waals surface area contributed by atoms with Crippen LogP contribution in [0.15, 0.2) is 72.8 Å². The molecular formula is C31H33NO5. The second-order valence-electron chi connectivity index (χ2n) is 9.98. The Kier molecular flexibility index (Phi) is 7.56. The molecule has 1 aliphatic heterocycles. The van der Waals surface area contributed by atoms with Crippen molar-refractivity contribution in [3.8, 4) is 5.75 Å². The molecule has 2 atom stereocenters. The highest BCUT2D eigenvalue weighted by atomic mass is 16.5. The summed E-state index contributed by atoms with van der Waals surface area (Å²) < 4.78 is 12.6. The van der Waals surface area contributed by atoms with E-state index in [1.807, 2.05) is 79.7 Å². The molecule has 1 heterocycles. The fourth-order valence-electron chi connectivity index (χ4n) is 5.41. The van der Waals surface area contributed by atoms with Gasteiger partial charge in [-0.3, -0.25) is 4.79 Å². The molecule has 37 heavy (non-hydrogen) atoms. The van der Waals surface area contributed by atoms with Crippen molar-refractivity contribution < 1.29 is 24.2 Å². The van der Waals surface area contributed by atoms with Gasteiger partial charge in [0.1, 0.15) is 18.4 Å². The van der Waals surface area contributed by atoms with Gasteiger partial charge in [-0.15, -0.1) is 0 Å². The topological polar surface area (TPSA) is 76.1 Å². The lowest BCUT2D eigenvalue weighted by molar-refractivity contribution is -0.160. The molecule has 0 spiro atoms. The van der Waals surface area contributed by atoms with Crippen molar-refractivity contribution in [2.24, 2.45) is 0 Å². The molecule has 5 rings (SSSR count). The molecule has 0 radical (unpaired) electrons. The third-order valence-electron chi connectivity index (χ3n) is 7.42. The monoisotopic (exact) mass is 499 g/mol. The number of aliphatic carboxylic acids is 1. The molecule has 0 saturated heterocycles. The van der Waals surface area contributed by atoms with Crippen molar-refractivity contribution in [2.45, 2.75) is 70.4 Å². The number of fused-ring (bicyclic) bond motifs is 1. The summed E-state index contributed by atoms with van der Waals surface area (Å²) in [6.45, 7) is 2.56. The van der Waals surface area contributed by atoms with Gasteiger partial charge < -0.3 is 19.5 Å². The third-order valence-corrected chi connectivity index (χ3v) is 7.42. The summed E-state index contributed by atoms with van der Waals surface area (Å²) in [6, 6.07) is 22.3. The molecule has 0 aromatic heterocycles. The summed E-state index contributed by atoms with van der Waals surface area (Å²) in [6.07, 6.45) is 3.38. The number of nitrogens with zero attached hydrogens (tertiary/aromatic N) is 1. The number of carboxylic acids is 1. The zero-order valence-electron chi connectivity index (χ0n) is 21.1. The third kappa shape index (κ3) is 5.54. The van der Waals surface area contributed by atoms with Gasteiger partial charge in [-0.05, 0) is 42.0 Å². The van der Waals surface area contributed by atoms with Crippen LogP contribution in [-0.2, 0) is 33.9 Å². The second-order valence-corrected chi connectivity index (χ2v) is 9.98. The van der Waals surface area contributed by atoms with Crippen LogP contribution in [0.3, 0.4) is 0 Å². The summed E-state index contributed by atoms with van der Waals surface area (Å²) in [5.74, 6) is -0.618. The number of hydrogen-bond donors (Lipinski definition) is 1. The van der Waals surface area contributed by atoms with Gasteiger partial charge in [0, 0.05) is 18.5 Å². The maximum atomic E-state index is 14.0. The number of carbonyl (C=O) groups excluding carboxylic acids is 1. The first-order valence-electron chi connectivity index (χ1n) is 13.0. The SMILES string of the molecule is Cc1ccc2c(c1OCc1ccccc1)C[C@H](C(=O)O)N(C(=O)[C@@H](OC1CCCC1)c1ccccc1)C2. The lowest BCUT2D eigenvalue weighted by Crippen LogP contribution is -2.50. The highest BCUT2D eigenvalue weighted by molar-refractivity contribution is 5.88. The molecular weight excluding hydrogens is 466 g/mol. The Labute approximate surface area is 217 Å². The van der Waals surface area contributed by atoms with Gasteiger partial charge in [0.15, 0.2) is 6.10 Å². The van der Waals surface area contributed by atoms with E-state index in [2.05, 4.69) is 0 Å². The van der Waals surface area contributed by atoms with Crippen molar-refractivity contribution in [3.05, 3.63) is 101 Å². The Morgan fingerprint density at radius 3 is 2.32 bits per heavy atom. The Morgan fingerprint density at radius 2 is 1.65 bits per heavy atom. The smallest absolute Gasteiger partial charge is 0.326 e. The molecule has 1 amide bonds. The molecule has 1 saturated carbocycles. The maximum absolute atomic E-state index is 14.0. The van der Waals surface area contributed by atoms with Crippen molar-refractivity contribution in [2.75, 3.05) is 0 Å². The van der Waals surface area contributed by atoms with Crippen molar-refractivity contribution >= 4 is 11.9 Å². The van der Waals surface area contributed by atoms with Crippen LogP contribution in [-0.4, -0.2) is 34.0 Å². The molecule has 3 aromatic carbocycles. The highest BCUT2D eigenvalue weighted by Crippen LogP contribution is 2.37. The van der Waals surface area contributed by atoms with Gasteiger partial charge in [0.05, 0.1) is 6.10 Å². The number of ether oxygens (including phenoxy) is 2. The van der Waals surface area contributed by atoms with Crippen LogP contribution >= 0.6 is 0 Å². The number of rotatable bonds is 8. The molecule has 3 aromatic rings. The summed E-state index contributed by atoms with van der Waals surface area (Å²) in [7, 11) is 0. The molecule has 1 fully saturated rings. The van der Waals surface area contributed by atoms with Gasteiger partial charge >= 0.3 is 5.97 Å². The highest BCUT2D eigenvalue weighted by Gasteiger charge is 2.40. The van der Waals surface area contributed by atoms with Gasteiger partial charge in [-0.25, -0.2) is 4.79 Å². The quantitative estimate of drug-likeness (QED) is 0.436. The fourth-order valence-corrected chi connectivity index (χ4v) is 5.41. The van der Waals surface area contributed by atoms with Crippen LogP contribution < -0.4 is 4.74 Å². The van der Waals surface area contributed by atoms with Crippen LogP contribution in [0.1, 0.15) is 59.6 Å². The van der Waals surface area contributed by atoms with E-state index in [-0.39, 0.29) is 25.0 Å². The standard InChI is InChI=1S/C31H33NO5/c1-21-16-17-24-19-32(30(33)29(23-12-6-3-7-13-23)37-25-14-8-9-15-25)27(31(34)35)18-26(24)28(21)36-20-22-10-4-2-5-11-22/h2-7,10-13,16-17,25,27,29H,8-9,14-15,18-20H2,1H3,(H,34,35)/t27-,29+/m1/s1. The van der Waals surface area contributed by atoms with Crippen molar-refractivity contribution in [1.29, 1.82) is 0 Å². The minimum atomic E-state index is -1.03. The normalized spacial score (nSPS) is 18.3. The fraction of sp³-hybridized carbons (Fsp3) is 0.355. The molecule has 192 valence electrons. The number of carbonyl (C=O) groups is 2. The average molecular weight is 500 g/mol. The van der Waals surface area contributed by atoms with Crippen LogP contribution in [0.2, 0.25) is 0 Å². The first kappa shape index (κ1) is 25.0. The summed E-state index contributed by atoms with van der Waals surface area (Å²) in [5, 5.41) is 10.2. The van der Waals surface area contributed by atoms with Gasteiger partial charge in [0.25, 0.3) is 5.91 Å². The Balaban J connectivity index is 1.44. The Hall–Kier alpha value is -3.64. The summed E-state index contributed by atoms with van der Waals surface area (Å²) >= 11 is 0. The summed E-state index contributed by atoms with van der Waals surface area (Å²) in [5.41, 5.74) is 4.51. The first-order valence-corrected chi connectivity index (χ1v) is 13.0. The van der Waals surface area contributed by atoms with E-state index in [1.165, 1.54) is 4.90 Å². The number of hydrogen-bond acceptors (Lipinski definition) is 4. The predicted octanol–water partition coefficient (Wildman–Crippen LogP) is 5.61. The number of aryl methyl sites for hydroxylation is 1. The van der Waals surface area contributed by atoms with E-state index in [0.29, 0.717) is 12.4 Å². The van der Waals surface area contributed by atoms with Crippen LogP contribution in [0.25, 0.3) is 0 Å². The van der Waals surface area contributed by atoms with E-state index in [0.717, 1.165) is 53.5 Å². The van der Waals surface area contributed by atoms with Crippen LogP contribution in [0.5, 0.6) is 5.75 Å². The Morgan fingerprint density at radius 1 is 0.973 bits per heavy atom. The van der Waals surface area contributed by atoms with Gasteiger partial charge in [0.2, 0.25) is 0 Å². The number of carboxylic acid groups (broad SMARTS) is 1. The molecule has 2 aliphatic rings. The lowest BCUT2D eigenvalue weighted by Gasteiger charge is -2.38. The van der Waals surface area contributed by atoms with E-state index >= 15 is 0 Å². The molecule has 0 bridgehead atoms. The second kappa shape index (κ2) is 11.2. The van der Waals surface area contributed by atoms with Gasteiger partial charge in [-0.2, -0.15) is 0 Å². The number of benzene rings is 3. The van der Waals surface area contributed by atoms with E-state index in [1.54, 1.807) is 0 Å². The molecule has 1 aliphatic carbocycles. The van der Waals surface area contributed by atoms with Crippen LogP contribution in [0.4, 0.5) is 0 Å². The van der Waals surface area contributed by atoms with Crippen LogP contribution in [0, 0.1) is 6.92 Å². The number of amides is 1. The summed E-state index contributed by atoms with van der Waals surface area (Å²) in [4.78, 5) is 27.9. The van der Waals surface area contributed by atoms with E-state index < -0.39 is 18.1 Å². The zero-order valence-corrected chi connectivity index (χ0v) is 21.1. The first-order chi connectivity index (χ1) is 18.0. The van der Waals surface area contributed by atoms with Gasteiger partial charge in [-0.1, -0.05) is 85.6 Å². The molecule has 6 heteroatoms. The Bertz CT molecular complexity index is 1240. The maximum Gasteiger partial charge on any atom is 0.326 e. The molecule has 0 unspecified atom stereocenters. The molecule has 6 nitrogen and oxygen atoms in total. The minimum absolute atomic E-state index is 0.00940. The van der Waals surface area contributed by atoms with Crippen molar-refractivity contribution in [3.63, 3.8) is 0 Å². The average Bonchev–Trinajstić information content (AvgIpc) is 3.44. The van der Waals surface area contributed by atoms with E-state index in [4.69, 9.17) is 9.47 Å².